The van der Waals surface area contributed by atoms with Crippen LogP contribution in [0.4, 0.5) is 0 Å². The lowest BCUT2D eigenvalue weighted by atomic mass is 9.93. The number of hydrogen-bond donors (Lipinski definition) is 1. The van der Waals surface area contributed by atoms with E-state index in [9.17, 15) is 0 Å². The van der Waals surface area contributed by atoms with E-state index in [0.29, 0.717) is 12.0 Å². The first-order valence-corrected chi connectivity index (χ1v) is 8.28. The van der Waals surface area contributed by atoms with E-state index >= 15 is 0 Å². The zero-order chi connectivity index (χ0) is 13.5. The zero-order valence-corrected chi connectivity index (χ0v) is 13.2. The molecule has 0 aromatic heterocycles. The van der Waals surface area contributed by atoms with E-state index in [4.69, 9.17) is 0 Å². The summed E-state index contributed by atoms with van der Waals surface area (Å²) >= 11 is 1.93. The summed E-state index contributed by atoms with van der Waals surface area (Å²) in [5, 5.41) is 3.71. The van der Waals surface area contributed by atoms with Crippen LogP contribution in [0.3, 0.4) is 0 Å². The second kappa shape index (κ2) is 7.85. The van der Waals surface area contributed by atoms with Gasteiger partial charge in [0.25, 0.3) is 0 Å². The van der Waals surface area contributed by atoms with Crippen LogP contribution in [0, 0.1) is 19.8 Å². The molecule has 1 aromatic rings. The smallest absolute Gasteiger partial charge is 0.0354 e. The van der Waals surface area contributed by atoms with E-state index < -0.39 is 0 Å². The number of benzene rings is 1. The van der Waals surface area contributed by atoms with Crippen molar-refractivity contribution < 1.29 is 0 Å². The van der Waals surface area contributed by atoms with E-state index in [2.05, 4.69) is 57.5 Å². The summed E-state index contributed by atoms with van der Waals surface area (Å²) < 4.78 is 0. The predicted molar refractivity (Wildman–Crippen MR) is 84.5 cm³/mol. The first-order chi connectivity index (χ1) is 8.58. The van der Waals surface area contributed by atoms with E-state index in [1.165, 1.54) is 28.9 Å². The molecular formula is C16H27NS. The van der Waals surface area contributed by atoms with Crippen molar-refractivity contribution >= 4 is 11.8 Å². The van der Waals surface area contributed by atoms with Crippen molar-refractivity contribution in [3.05, 3.63) is 34.9 Å². The van der Waals surface area contributed by atoms with Gasteiger partial charge >= 0.3 is 0 Å². The molecule has 2 heteroatoms. The van der Waals surface area contributed by atoms with Gasteiger partial charge in [-0.3, -0.25) is 0 Å². The summed E-state index contributed by atoms with van der Waals surface area (Å²) in [4.78, 5) is 0. The minimum atomic E-state index is 0.482. The maximum atomic E-state index is 3.71. The SMILES string of the molecule is CCCNC(c1cc(C)cc(C)c1)C(C)CSC. The van der Waals surface area contributed by atoms with Crippen molar-refractivity contribution in [3.63, 3.8) is 0 Å². The van der Waals surface area contributed by atoms with Gasteiger partial charge in [-0.2, -0.15) is 11.8 Å². The van der Waals surface area contributed by atoms with Crippen LogP contribution in [0.1, 0.15) is 43.0 Å². The van der Waals surface area contributed by atoms with Crippen LogP contribution in [0.15, 0.2) is 18.2 Å². The van der Waals surface area contributed by atoms with Gasteiger partial charge in [0, 0.05) is 6.04 Å². The molecule has 0 saturated carbocycles. The molecule has 0 heterocycles. The number of thioether (sulfide) groups is 1. The van der Waals surface area contributed by atoms with Crippen LogP contribution in [0.5, 0.6) is 0 Å². The lowest BCUT2D eigenvalue weighted by molar-refractivity contribution is 0.418. The standard InChI is InChI=1S/C16H27NS/c1-6-7-17-16(14(4)11-18-5)15-9-12(2)8-13(3)10-15/h8-10,14,16-17H,6-7,11H2,1-5H3. The van der Waals surface area contributed by atoms with Crippen molar-refractivity contribution in [2.24, 2.45) is 5.92 Å². The molecule has 18 heavy (non-hydrogen) atoms. The molecule has 0 spiro atoms. The lowest BCUT2D eigenvalue weighted by Crippen LogP contribution is -2.29. The summed E-state index contributed by atoms with van der Waals surface area (Å²) in [6.07, 6.45) is 3.38. The fourth-order valence-electron chi connectivity index (χ4n) is 2.50. The average molecular weight is 265 g/mol. The van der Waals surface area contributed by atoms with Crippen LogP contribution >= 0.6 is 11.8 Å². The highest BCUT2D eigenvalue weighted by molar-refractivity contribution is 7.98. The van der Waals surface area contributed by atoms with Crippen LogP contribution in [0.25, 0.3) is 0 Å². The molecule has 0 aliphatic heterocycles. The van der Waals surface area contributed by atoms with Gasteiger partial charge in [0.05, 0.1) is 0 Å². The van der Waals surface area contributed by atoms with Gasteiger partial charge < -0.3 is 5.32 Å². The Hall–Kier alpha value is -0.470. The fraction of sp³-hybridized carbons (Fsp3) is 0.625. The van der Waals surface area contributed by atoms with Crippen molar-refractivity contribution in [3.8, 4) is 0 Å². The Morgan fingerprint density at radius 3 is 2.28 bits per heavy atom. The quantitative estimate of drug-likeness (QED) is 0.787. The summed E-state index contributed by atoms with van der Waals surface area (Å²) in [6.45, 7) is 10.0. The van der Waals surface area contributed by atoms with Crippen molar-refractivity contribution in [1.29, 1.82) is 0 Å². The molecule has 1 aromatic carbocycles. The predicted octanol–water partition coefficient (Wildman–Crippen LogP) is 4.34. The molecule has 2 atom stereocenters. The van der Waals surface area contributed by atoms with E-state index in [1.807, 2.05) is 11.8 Å². The van der Waals surface area contributed by atoms with Crippen LogP contribution in [0.2, 0.25) is 0 Å². The zero-order valence-electron chi connectivity index (χ0n) is 12.4. The molecule has 0 aliphatic carbocycles. The van der Waals surface area contributed by atoms with E-state index in [1.54, 1.807) is 0 Å². The highest BCUT2D eigenvalue weighted by Crippen LogP contribution is 2.26. The first-order valence-electron chi connectivity index (χ1n) is 6.89. The van der Waals surface area contributed by atoms with Crippen LogP contribution in [-0.2, 0) is 0 Å². The van der Waals surface area contributed by atoms with Gasteiger partial charge in [0.15, 0.2) is 0 Å². The van der Waals surface area contributed by atoms with Crippen LogP contribution < -0.4 is 5.32 Å². The molecule has 0 fully saturated rings. The normalized spacial score (nSPS) is 14.5. The van der Waals surface area contributed by atoms with Gasteiger partial charge in [-0.15, -0.1) is 0 Å². The average Bonchev–Trinajstić information content (AvgIpc) is 2.28. The van der Waals surface area contributed by atoms with Crippen molar-refractivity contribution in [2.45, 2.75) is 40.2 Å². The summed E-state index contributed by atoms with van der Waals surface area (Å²) in [6, 6.07) is 7.39. The molecule has 0 saturated heterocycles. The van der Waals surface area contributed by atoms with Crippen molar-refractivity contribution in [1.82, 2.24) is 5.32 Å². The molecule has 0 aliphatic rings. The Kier molecular flexibility index (Phi) is 6.80. The van der Waals surface area contributed by atoms with Gasteiger partial charge in [0.2, 0.25) is 0 Å². The minimum absolute atomic E-state index is 0.482. The number of aryl methyl sites for hydroxylation is 2. The Morgan fingerprint density at radius 1 is 1.17 bits per heavy atom. The number of rotatable bonds is 7. The third kappa shape index (κ3) is 4.66. The molecule has 0 bridgehead atoms. The maximum absolute atomic E-state index is 3.71. The van der Waals surface area contributed by atoms with Gasteiger partial charge in [-0.1, -0.05) is 43.2 Å². The number of hydrogen-bond acceptors (Lipinski definition) is 2. The topological polar surface area (TPSA) is 12.0 Å². The first kappa shape index (κ1) is 15.6. The Bertz CT molecular complexity index is 342. The van der Waals surface area contributed by atoms with Crippen LogP contribution in [-0.4, -0.2) is 18.6 Å². The van der Waals surface area contributed by atoms with Gasteiger partial charge in [0.1, 0.15) is 0 Å². The number of nitrogens with one attached hydrogen (secondary N) is 1. The Morgan fingerprint density at radius 2 is 1.78 bits per heavy atom. The fourth-order valence-corrected chi connectivity index (χ4v) is 3.21. The third-order valence-corrected chi connectivity index (χ3v) is 4.08. The van der Waals surface area contributed by atoms with Crippen molar-refractivity contribution in [2.75, 3.05) is 18.6 Å². The highest BCUT2D eigenvalue weighted by Gasteiger charge is 2.18. The largest absolute Gasteiger partial charge is 0.310 e. The molecule has 0 amide bonds. The third-order valence-electron chi connectivity index (χ3n) is 3.22. The molecule has 1 N–H and O–H groups in total. The summed E-state index contributed by atoms with van der Waals surface area (Å²) in [5.74, 6) is 1.86. The minimum Gasteiger partial charge on any atom is -0.310 e. The highest BCUT2D eigenvalue weighted by atomic mass is 32.2. The maximum Gasteiger partial charge on any atom is 0.0354 e. The molecule has 102 valence electrons. The molecule has 1 rings (SSSR count). The summed E-state index contributed by atoms with van der Waals surface area (Å²) in [7, 11) is 0. The molecule has 0 radical (unpaired) electrons. The second-order valence-electron chi connectivity index (χ2n) is 5.29. The molecule has 1 nitrogen and oxygen atoms in total. The second-order valence-corrected chi connectivity index (χ2v) is 6.20. The monoisotopic (exact) mass is 265 g/mol. The Balaban J connectivity index is 2.92. The van der Waals surface area contributed by atoms with Gasteiger partial charge in [-0.25, -0.2) is 0 Å². The van der Waals surface area contributed by atoms with Gasteiger partial charge in [-0.05, 0) is 50.3 Å². The lowest BCUT2D eigenvalue weighted by Gasteiger charge is -2.26. The molecular weight excluding hydrogens is 238 g/mol. The van der Waals surface area contributed by atoms with E-state index in [0.717, 1.165) is 6.54 Å². The van der Waals surface area contributed by atoms with E-state index in [-0.39, 0.29) is 0 Å². The molecule has 2 unspecified atom stereocenters. The Labute approximate surface area is 117 Å². The summed E-state index contributed by atoms with van der Waals surface area (Å²) in [5.41, 5.74) is 4.18.